The molecule has 9 heavy (non-hydrogen) atoms. The van der Waals surface area contributed by atoms with Gasteiger partial charge in [-0.25, -0.2) is 0 Å². The molecule has 1 heteroatoms. The summed E-state index contributed by atoms with van der Waals surface area (Å²) in [4.78, 5) is 0. The Morgan fingerprint density at radius 2 is 1.89 bits per heavy atom. The van der Waals surface area contributed by atoms with Gasteiger partial charge >= 0.3 is 0 Å². The fourth-order valence-electron chi connectivity index (χ4n) is 0.654. The van der Waals surface area contributed by atoms with Crippen LogP contribution >= 0.6 is 17.0 Å². The van der Waals surface area contributed by atoms with E-state index >= 15 is 0 Å². The van der Waals surface area contributed by atoms with Gasteiger partial charge in [0.2, 0.25) is 0 Å². The molecular formula is C8H15Br. The summed E-state index contributed by atoms with van der Waals surface area (Å²) < 4.78 is 0. The van der Waals surface area contributed by atoms with Gasteiger partial charge in [-0.15, -0.1) is 29.3 Å². The molecule has 0 aromatic carbocycles. The molecule has 0 spiro atoms. The highest BCUT2D eigenvalue weighted by Crippen LogP contribution is 2.00. The lowest BCUT2D eigenvalue weighted by molar-refractivity contribution is 0.680. The predicted octanol–water partition coefficient (Wildman–Crippen LogP) is 3.17. The molecule has 0 aliphatic heterocycles. The minimum absolute atomic E-state index is 0. The van der Waals surface area contributed by atoms with Crippen molar-refractivity contribution < 1.29 is 0 Å². The monoisotopic (exact) mass is 190 g/mol. The molecule has 0 saturated heterocycles. The summed E-state index contributed by atoms with van der Waals surface area (Å²) in [7, 11) is 0. The van der Waals surface area contributed by atoms with Crippen molar-refractivity contribution in [3.8, 4) is 12.3 Å². The lowest BCUT2D eigenvalue weighted by Gasteiger charge is -1.90. The largest absolute Gasteiger partial charge is 0.120 e. The van der Waals surface area contributed by atoms with E-state index in [0.717, 1.165) is 6.42 Å². The number of hydrogen-bond acceptors (Lipinski definition) is 0. The van der Waals surface area contributed by atoms with E-state index < -0.39 is 0 Å². The van der Waals surface area contributed by atoms with E-state index in [9.17, 15) is 0 Å². The maximum absolute atomic E-state index is 5.06. The Kier molecular flexibility index (Phi) is 14.3. The van der Waals surface area contributed by atoms with E-state index in [2.05, 4.69) is 12.8 Å². The van der Waals surface area contributed by atoms with Gasteiger partial charge in [-0.1, -0.05) is 26.2 Å². The minimum atomic E-state index is 0. The van der Waals surface area contributed by atoms with Crippen LogP contribution in [0.15, 0.2) is 0 Å². The van der Waals surface area contributed by atoms with E-state index in [0.29, 0.717) is 0 Å². The van der Waals surface area contributed by atoms with Crippen molar-refractivity contribution in [3.63, 3.8) is 0 Å². The summed E-state index contributed by atoms with van der Waals surface area (Å²) in [6.07, 6.45) is 11.2. The first-order valence-electron chi connectivity index (χ1n) is 3.35. The second-order valence-corrected chi connectivity index (χ2v) is 2.01. The van der Waals surface area contributed by atoms with Crippen LogP contribution in [-0.2, 0) is 0 Å². The number of rotatable bonds is 4. The molecule has 54 valence electrons. The Labute approximate surface area is 68.8 Å². The number of terminal acetylenes is 1. The molecule has 0 saturated carbocycles. The molecule has 0 aromatic rings. The van der Waals surface area contributed by atoms with Gasteiger partial charge in [-0.2, -0.15) is 0 Å². The van der Waals surface area contributed by atoms with Gasteiger partial charge in [0.1, 0.15) is 0 Å². The Balaban J connectivity index is 0. The van der Waals surface area contributed by atoms with Crippen LogP contribution in [-0.4, -0.2) is 0 Å². The Morgan fingerprint density at radius 1 is 1.22 bits per heavy atom. The third kappa shape index (κ3) is 11.5. The van der Waals surface area contributed by atoms with Gasteiger partial charge in [0.25, 0.3) is 0 Å². The highest BCUT2D eigenvalue weighted by atomic mass is 79.9. The van der Waals surface area contributed by atoms with Crippen molar-refractivity contribution in [2.45, 2.75) is 39.0 Å². The smallest absolute Gasteiger partial charge is 0.00860 e. The fraction of sp³-hybridized carbons (Fsp3) is 0.750. The molecule has 0 aliphatic rings. The van der Waals surface area contributed by atoms with E-state index in [4.69, 9.17) is 6.42 Å². The average Bonchev–Trinajstić information content (AvgIpc) is 1.81. The summed E-state index contributed by atoms with van der Waals surface area (Å²) in [5.74, 6) is 2.63. The average molecular weight is 191 g/mol. The summed E-state index contributed by atoms with van der Waals surface area (Å²) >= 11 is 0. The molecule has 0 atom stereocenters. The Hall–Kier alpha value is 0.0400. The maximum Gasteiger partial charge on any atom is 0.00860 e. The Bertz CT molecular complexity index is 71.1. The second kappa shape index (κ2) is 10.9. The summed E-state index contributed by atoms with van der Waals surface area (Å²) in [5.41, 5.74) is 0. The zero-order chi connectivity index (χ0) is 6.24. The van der Waals surface area contributed by atoms with Gasteiger partial charge in [-0.05, 0) is 6.42 Å². The van der Waals surface area contributed by atoms with Gasteiger partial charge in [0.15, 0.2) is 0 Å². The molecule has 0 unspecified atom stereocenters. The van der Waals surface area contributed by atoms with Crippen molar-refractivity contribution in [2.24, 2.45) is 0 Å². The highest BCUT2D eigenvalue weighted by molar-refractivity contribution is 8.93. The molecule has 0 radical (unpaired) electrons. The molecule has 0 bridgehead atoms. The standard InChI is InChI=1S/C8H14.BrH/c1-3-5-7-8-6-4-2;/h1H,4-8H2,2H3;1H. The second-order valence-electron chi connectivity index (χ2n) is 2.01. The van der Waals surface area contributed by atoms with E-state index in [-0.39, 0.29) is 17.0 Å². The van der Waals surface area contributed by atoms with Gasteiger partial charge in [0, 0.05) is 6.42 Å². The molecule has 0 heterocycles. The molecule has 0 N–H and O–H groups in total. The van der Waals surface area contributed by atoms with E-state index in [1.165, 1.54) is 25.7 Å². The first-order valence-corrected chi connectivity index (χ1v) is 3.35. The molecule has 0 fully saturated rings. The van der Waals surface area contributed by atoms with Crippen LogP contribution in [0.1, 0.15) is 39.0 Å². The van der Waals surface area contributed by atoms with Crippen LogP contribution in [0.5, 0.6) is 0 Å². The van der Waals surface area contributed by atoms with Gasteiger partial charge < -0.3 is 0 Å². The van der Waals surface area contributed by atoms with E-state index in [1.807, 2.05) is 0 Å². The van der Waals surface area contributed by atoms with Crippen molar-refractivity contribution in [2.75, 3.05) is 0 Å². The van der Waals surface area contributed by atoms with Crippen molar-refractivity contribution in [1.82, 2.24) is 0 Å². The summed E-state index contributed by atoms with van der Waals surface area (Å²) in [6, 6.07) is 0. The zero-order valence-corrected chi connectivity index (χ0v) is 7.73. The molecule has 0 amide bonds. The van der Waals surface area contributed by atoms with E-state index in [1.54, 1.807) is 0 Å². The topological polar surface area (TPSA) is 0 Å². The number of unbranched alkanes of at least 4 members (excludes halogenated alkanes) is 4. The normalized spacial score (nSPS) is 7.56. The first kappa shape index (κ1) is 11.8. The van der Waals surface area contributed by atoms with Crippen LogP contribution < -0.4 is 0 Å². The highest BCUT2D eigenvalue weighted by Gasteiger charge is 1.81. The Morgan fingerprint density at radius 3 is 2.33 bits per heavy atom. The first-order chi connectivity index (χ1) is 3.91. The van der Waals surface area contributed by atoms with Crippen LogP contribution in [0, 0.1) is 12.3 Å². The van der Waals surface area contributed by atoms with Crippen molar-refractivity contribution >= 4 is 17.0 Å². The number of halogens is 1. The van der Waals surface area contributed by atoms with Gasteiger partial charge in [0.05, 0.1) is 0 Å². The van der Waals surface area contributed by atoms with Crippen molar-refractivity contribution in [1.29, 1.82) is 0 Å². The van der Waals surface area contributed by atoms with Crippen LogP contribution in [0.3, 0.4) is 0 Å². The lowest BCUT2D eigenvalue weighted by Crippen LogP contribution is -1.72. The predicted molar refractivity (Wildman–Crippen MR) is 47.9 cm³/mol. The zero-order valence-electron chi connectivity index (χ0n) is 6.02. The van der Waals surface area contributed by atoms with Crippen LogP contribution in [0.2, 0.25) is 0 Å². The third-order valence-corrected chi connectivity index (χ3v) is 1.17. The summed E-state index contributed by atoms with van der Waals surface area (Å²) in [5, 5.41) is 0. The third-order valence-electron chi connectivity index (χ3n) is 1.17. The molecule has 0 aromatic heterocycles. The molecule has 0 aliphatic carbocycles. The minimum Gasteiger partial charge on any atom is -0.120 e. The SMILES string of the molecule is Br.C#CCCCCCC. The fourth-order valence-corrected chi connectivity index (χ4v) is 0.654. The van der Waals surface area contributed by atoms with Gasteiger partial charge in [-0.3, -0.25) is 0 Å². The molecular weight excluding hydrogens is 176 g/mol. The summed E-state index contributed by atoms with van der Waals surface area (Å²) in [6.45, 7) is 2.20. The number of hydrogen-bond donors (Lipinski definition) is 0. The lowest BCUT2D eigenvalue weighted by atomic mass is 10.2. The molecule has 0 nitrogen and oxygen atoms in total. The van der Waals surface area contributed by atoms with Crippen LogP contribution in [0.25, 0.3) is 0 Å². The van der Waals surface area contributed by atoms with Crippen molar-refractivity contribution in [3.05, 3.63) is 0 Å². The quantitative estimate of drug-likeness (QED) is 0.473. The molecule has 0 rings (SSSR count). The van der Waals surface area contributed by atoms with Crippen LogP contribution in [0.4, 0.5) is 0 Å². The maximum atomic E-state index is 5.06.